The van der Waals surface area contributed by atoms with Gasteiger partial charge in [0, 0.05) is 16.6 Å². The number of benzene rings is 2. The highest BCUT2D eigenvalue weighted by Crippen LogP contribution is 2.28. The van der Waals surface area contributed by atoms with Gasteiger partial charge in [-0.2, -0.15) is 0 Å². The second-order valence-corrected chi connectivity index (χ2v) is 5.57. The maximum absolute atomic E-state index is 13.1. The number of carbonyl (C=O) groups excluding carboxylic acids is 2. The van der Waals surface area contributed by atoms with Gasteiger partial charge in [-0.1, -0.05) is 24.3 Å². The maximum atomic E-state index is 13.1. The number of nitrogens with zero attached hydrogens (tertiary/aromatic N) is 1. The molecule has 128 valence electrons. The molecule has 0 N–H and O–H groups in total. The van der Waals surface area contributed by atoms with Crippen molar-refractivity contribution in [2.75, 3.05) is 13.7 Å². The number of fused-ring (bicyclic) bond motifs is 1. The summed E-state index contributed by atoms with van der Waals surface area (Å²) < 4.78 is 11.9. The van der Waals surface area contributed by atoms with Crippen molar-refractivity contribution < 1.29 is 19.1 Å². The van der Waals surface area contributed by atoms with E-state index in [1.807, 2.05) is 31.2 Å². The summed E-state index contributed by atoms with van der Waals surface area (Å²) >= 11 is 0. The fourth-order valence-corrected chi connectivity index (χ4v) is 3.00. The van der Waals surface area contributed by atoms with Gasteiger partial charge in [-0.05, 0) is 38.1 Å². The summed E-state index contributed by atoms with van der Waals surface area (Å²) in [4.78, 5) is 25.3. The summed E-state index contributed by atoms with van der Waals surface area (Å²) in [6.07, 6.45) is 0. The molecule has 5 nitrogen and oxygen atoms in total. The lowest BCUT2D eigenvalue weighted by Gasteiger charge is -2.09. The lowest BCUT2D eigenvalue weighted by Crippen LogP contribution is -2.14. The van der Waals surface area contributed by atoms with Gasteiger partial charge in [-0.3, -0.25) is 9.36 Å². The van der Waals surface area contributed by atoms with Crippen LogP contribution in [0.15, 0.2) is 48.5 Å². The van der Waals surface area contributed by atoms with Gasteiger partial charge in [-0.25, -0.2) is 4.79 Å². The van der Waals surface area contributed by atoms with Crippen molar-refractivity contribution in [3.05, 3.63) is 65.4 Å². The number of ether oxygens (including phenoxy) is 2. The zero-order chi connectivity index (χ0) is 18.0. The molecular weight excluding hydrogens is 318 g/mol. The van der Waals surface area contributed by atoms with E-state index >= 15 is 0 Å². The number of hydrogen-bond donors (Lipinski definition) is 0. The highest BCUT2D eigenvalue weighted by atomic mass is 16.5. The molecule has 0 aliphatic carbocycles. The van der Waals surface area contributed by atoms with Crippen LogP contribution in [-0.4, -0.2) is 30.2 Å². The summed E-state index contributed by atoms with van der Waals surface area (Å²) in [6.45, 7) is 4.16. The molecule has 2 aromatic carbocycles. The van der Waals surface area contributed by atoms with E-state index in [1.54, 1.807) is 35.8 Å². The normalized spacial score (nSPS) is 10.7. The van der Waals surface area contributed by atoms with Crippen molar-refractivity contribution in [3.8, 4) is 5.75 Å². The van der Waals surface area contributed by atoms with Crippen LogP contribution in [0.1, 0.15) is 33.3 Å². The summed E-state index contributed by atoms with van der Waals surface area (Å²) in [5.41, 5.74) is 2.13. The van der Waals surface area contributed by atoms with E-state index in [-0.39, 0.29) is 5.91 Å². The maximum Gasteiger partial charge on any atom is 0.340 e. The van der Waals surface area contributed by atoms with E-state index in [0.29, 0.717) is 40.1 Å². The van der Waals surface area contributed by atoms with Gasteiger partial charge in [0.2, 0.25) is 0 Å². The molecule has 0 aliphatic heterocycles. The number of aromatic nitrogens is 1. The van der Waals surface area contributed by atoms with E-state index in [1.165, 1.54) is 7.11 Å². The third-order valence-electron chi connectivity index (χ3n) is 4.10. The van der Waals surface area contributed by atoms with Gasteiger partial charge in [0.15, 0.2) is 0 Å². The first-order valence-corrected chi connectivity index (χ1v) is 8.04. The van der Waals surface area contributed by atoms with Crippen molar-refractivity contribution in [2.24, 2.45) is 0 Å². The molecule has 1 heterocycles. The Bertz CT molecular complexity index is 955. The summed E-state index contributed by atoms with van der Waals surface area (Å²) in [5, 5.41) is 0.696. The monoisotopic (exact) mass is 337 g/mol. The van der Waals surface area contributed by atoms with Gasteiger partial charge in [-0.15, -0.1) is 0 Å². The van der Waals surface area contributed by atoms with Crippen molar-refractivity contribution in [1.82, 2.24) is 4.57 Å². The Labute approximate surface area is 145 Å². The van der Waals surface area contributed by atoms with Crippen LogP contribution in [-0.2, 0) is 4.74 Å². The first-order valence-electron chi connectivity index (χ1n) is 8.04. The average Bonchev–Trinajstić information content (AvgIpc) is 2.93. The van der Waals surface area contributed by atoms with E-state index in [9.17, 15) is 9.59 Å². The van der Waals surface area contributed by atoms with E-state index in [0.717, 1.165) is 0 Å². The Morgan fingerprint density at radius 2 is 1.84 bits per heavy atom. The molecule has 0 atom stereocenters. The fraction of sp³-hybridized carbons (Fsp3) is 0.200. The van der Waals surface area contributed by atoms with Crippen LogP contribution in [0.2, 0.25) is 0 Å². The van der Waals surface area contributed by atoms with Crippen molar-refractivity contribution >= 4 is 22.8 Å². The number of carbonyl (C=O) groups is 2. The van der Waals surface area contributed by atoms with Gasteiger partial charge in [0.25, 0.3) is 5.91 Å². The van der Waals surface area contributed by atoms with Crippen LogP contribution in [0.5, 0.6) is 5.75 Å². The molecule has 0 unspecified atom stereocenters. The van der Waals surface area contributed by atoms with Crippen molar-refractivity contribution in [2.45, 2.75) is 13.8 Å². The highest BCUT2D eigenvalue weighted by molar-refractivity contribution is 6.11. The van der Waals surface area contributed by atoms with Crippen LogP contribution in [0, 0.1) is 6.92 Å². The Morgan fingerprint density at radius 1 is 1.08 bits per heavy atom. The van der Waals surface area contributed by atoms with Gasteiger partial charge < -0.3 is 9.47 Å². The minimum absolute atomic E-state index is 0.217. The lowest BCUT2D eigenvalue weighted by molar-refractivity contribution is 0.0602. The minimum atomic E-state index is -0.455. The third-order valence-corrected chi connectivity index (χ3v) is 4.10. The van der Waals surface area contributed by atoms with Crippen LogP contribution in [0.25, 0.3) is 10.9 Å². The van der Waals surface area contributed by atoms with Crippen molar-refractivity contribution in [1.29, 1.82) is 0 Å². The second kappa shape index (κ2) is 6.81. The lowest BCUT2D eigenvalue weighted by atomic mass is 10.1. The van der Waals surface area contributed by atoms with Crippen molar-refractivity contribution in [3.63, 3.8) is 0 Å². The molecule has 0 saturated carbocycles. The number of hydrogen-bond acceptors (Lipinski definition) is 4. The molecule has 3 aromatic rings. The van der Waals surface area contributed by atoms with Gasteiger partial charge in [0.1, 0.15) is 5.75 Å². The van der Waals surface area contributed by atoms with Gasteiger partial charge in [0.05, 0.1) is 24.8 Å². The van der Waals surface area contributed by atoms with E-state index in [2.05, 4.69) is 0 Å². The number of esters is 1. The largest absolute Gasteiger partial charge is 0.494 e. The number of methoxy groups -OCH3 is 1. The molecule has 0 fully saturated rings. The summed E-state index contributed by atoms with van der Waals surface area (Å²) in [6, 6.07) is 14.3. The first-order chi connectivity index (χ1) is 12.1. The van der Waals surface area contributed by atoms with Crippen LogP contribution < -0.4 is 4.74 Å². The molecule has 0 spiro atoms. The quantitative estimate of drug-likeness (QED) is 0.679. The van der Waals surface area contributed by atoms with Gasteiger partial charge >= 0.3 is 5.97 Å². The second-order valence-electron chi connectivity index (χ2n) is 5.57. The molecule has 5 heteroatoms. The summed E-state index contributed by atoms with van der Waals surface area (Å²) in [5.74, 6) is -0.0376. The van der Waals surface area contributed by atoms with E-state index in [4.69, 9.17) is 9.47 Å². The molecule has 0 aliphatic rings. The standard InChI is InChI=1S/C20H19NO4/c1-4-25-15-9-7-8-14(12-15)19(22)21-13(2)18(20(23)24-3)16-10-5-6-11-17(16)21/h5-12H,4H2,1-3H3. The average molecular weight is 337 g/mol. The predicted molar refractivity (Wildman–Crippen MR) is 95.4 cm³/mol. The molecule has 0 bridgehead atoms. The Hall–Kier alpha value is -3.08. The molecule has 25 heavy (non-hydrogen) atoms. The van der Waals surface area contributed by atoms with E-state index < -0.39 is 5.97 Å². The number of rotatable bonds is 4. The number of para-hydroxylation sites is 1. The first kappa shape index (κ1) is 16.8. The Morgan fingerprint density at radius 3 is 2.56 bits per heavy atom. The third kappa shape index (κ3) is 2.89. The van der Waals surface area contributed by atoms with Crippen LogP contribution in [0.3, 0.4) is 0 Å². The zero-order valence-corrected chi connectivity index (χ0v) is 14.4. The summed E-state index contributed by atoms with van der Waals surface area (Å²) in [7, 11) is 1.33. The SMILES string of the molecule is CCOc1cccc(C(=O)n2c(C)c(C(=O)OC)c3ccccc32)c1. The molecule has 0 radical (unpaired) electrons. The molecule has 0 amide bonds. The fourth-order valence-electron chi connectivity index (χ4n) is 3.00. The smallest absolute Gasteiger partial charge is 0.340 e. The predicted octanol–water partition coefficient (Wildman–Crippen LogP) is 3.82. The molecular formula is C20H19NO4. The van der Waals surface area contributed by atoms with Crippen LogP contribution in [0.4, 0.5) is 0 Å². The minimum Gasteiger partial charge on any atom is -0.494 e. The molecule has 1 aromatic heterocycles. The Kier molecular flexibility index (Phi) is 4.57. The highest BCUT2D eigenvalue weighted by Gasteiger charge is 2.24. The molecule has 3 rings (SSSR count). The Balaban J connectivity index is 2.19. The zero-order valence-electron chi connectivity index (χ0n) is 14.4. The topological polar surface area (TPSA) is 57.5 Å². The molecule has 0 saturated heterocycles. The van der Waals surface area contributed by atoms with Crippen LogP contribution >= 0.6 is 0 Å².